The zero-order valence-electron chi connectivity index (χ0n) is 11.1. The summed E-state index contributed by atoms with van der Waals surface area (Å²) in [6.07, 6.45) is 1.47. The van der Waals surface area contributed by atoms with Gasteiger partial charge in [-0.1, -0.05) is 22.7 Å². The number of rotatable bonds is 2. The number of hydrogen-bond acceptors (Lipinski definition) is 5. The highest BCUT2D eigenvalue weighted by Crippen LogP contribution is 2.19. The van der Waals surface area contributed by atoms with Crippen LogP contribution in [-0.4, -0.2) is 26.0 Å². The van der Waals surface area contributed by atoms with Crippen molar-refractivity contribution in [3.63, 3.8) is 0 Å². The van der Waals surface area contributed by atoms with Crippen molar-refractivity contribution >= 4 is 37.4 Å². The van der Waals surface area contributed by atoms with E-state index in [2.05, 4.69) is 13.9 Å². The normalized spacial score (nSPS) is 13.8. The highest BCUT2D eigenvalue weighted by molar-refractivity contribution is 7.93. The fourth-order valence-electron chi connectivity index (χ4n) is 1.85. The maximum Gasteiger partial charge on any atom is 0.285 e. The van der Waals surface area contributed by atoms with E-state index in [1.165, 1.54) is 17.8 Å². The number of carbonyl (C=O) groups excluding carboxylic acids is 1. The van der Waals surface area contributed by atoms with Gasteiger partial charge in [-0.3, -0.25) is 4.79 Å². The molecule has 0 fully saturated rings. The van der Waals surface area contributed by atoms with Crippen molar-refractivity contribution in [2.24, 2.45) is 4.36 Å². The van der Waals surface area contributed by atoms with Gasteiger partial charge < -0.3 is 0 Å². The third-order valence-electron chi connectivity index (χ3n) is 2.93. The predicted molar refractivity (Wildman–Crippen MR) is 82.9 cm³/mol. The van der Waals surface area contributed by atoms with Crippen LogP contribution < -0.4 is 0 Å². The molecule has 1 heterocycles. The van der Waals surface area contributed by atoms with Gasteiger partial charge in [0.2, 0.25) is 0 Å². The zero-order valence-corrected chi connectivity index (χ0v) is 12.7. The number of carbonyl (C=O) groups is 1. The molecule has 21 heavy (non-hydrogen) atoms. The van der Waals surface area contributed by atoms with Crippen molar-refractivity contribution in [2.75, 3.05) is 6.26 Å². The van der Waals surface area contributed by atoms with Crippen LogP contribution in [0.15, 0.2) is 57.8 Å². The van der Waals surface area contributed by atoms with Crippen molar-refractivity contribution in [3.05, 3.63) is 54.1 Å². The molecule has 3 aromatic rings. The Morgan fingerprint density at radius 2 is 1.95 bits per heavy atom. The molecule has 0 aliphatic rings. The first-order valence-corrected chi connectivity index (χ1v) is 8.79. The van der Waals surface area contributed by atoms with E-state index in [0.29, 0.717) is 10.5 Å². The first-order valence-electron chi connectivity index (χ1n) is 6.10. The smallest absolute Gasteiger partial charge is 0.266 e. The Labute approximate surface area is 126 Å². The quantitative estimate of drug-likeness (QED) is 0.728. The average molecular weight is 317 g/mol. The summed E-state index contributed by atoms with van der Waals surface area (Å²) in [6, 6.07) is 13.8. The van der Waals surface area contributed by atoms with Crippen LogP contribution in [0, 0.1) is 0 Å². The van der Waals surface area contributed by atoms with Gasteiger partial charge in [0, 0.05) is 16.7 Å². The van der Waals surface area contributed by atoms with Crippen LogP contribution in [0.4, 0.5) is 0 Å². The maximum absolute atomic E-state index is 12.6. The molecule has 0 unspecified atom stereocenters. The second kappa shape index (κ2) is 5.34. The molecule has 106 valence electrons. The molecule has 1 atom stereocenters. The Bertz CT molecular complexity index is 926. The number of amides is 1. The topological polar surface area (TPSA) is 72.3 Å². The van der Waals surface area contributed by atoms with Crippen molar-refractivity contribution in [1.82, 2.24) is 9.59 Å². The van der Waals surface area contributed by atoms with E-state index in [4.69, 9.17) is 0 Å². The first kappa shape index (κ1) is 13.8. The van der Waals surface area contributed by atoms with Gasteiger partial charge in [0.25, 0.3) is 5.91 Å². The van der Waals surface area contributed by atoms with Gasteiger partial charge >= 0.3 is 0 Å². The van der Waals surface area contributed by atoms with Crippen molar-refractivity contribution in [3.8, 4) is 0 Å². The van der Waals surface area contributed by atoms with E-state index < -0.39 is 15.6 Å². The Balaban J connectivity index is 2.02. The fourth-order valence-corrected chi connectivity index (χ4v) is 3.64. The second-order valence-electron chi connectivity index (χ2n) is 4.47. The summed E-state index contributed by atoms with van der Waals surface area (Å²) in [5.41, 5.74) is 1.12. The van der Waals surface area contributed by atoms with Crippen LogP contribution in [0.5, 0.6) is 0 Å². The first-order chi connectivity index (χ1) is 10.1. The summed E-state index contributed by atoms with van der Waals surface area (Å²) in [5, 5.41) is 3.91. The molecular weight excluding hydrogens is 306 g/mol. The van der Waals surface area contributed by atoms with Crippen LogP contribution in [0.25, 0.3) is 10.2 Å². The van der Waals surface area contributed by atoms with Crippen LogP contribution in [0.2, 0.25) is 0 Å². The number of hydrogen-bond donors (Lipinski definition) is 0. The summed E-state index contributed by atoms with van der Waals surface area (Å²) < 4.78 is 21.1. The molecule has 2 aromatic carbocycles. The van der Waals surface area contributed by atoms with Gasteiger partial charge in [-0.25, -0.2) is 4.21 Å². The summed E-state index contributed by atoms with van der Waals surface area (Å²) in [5.74, 6) is -0.498. The molecule has 0 bridgehead atoms. The minimum atomic E-state index is -2.75. The highest BCUT2D eigenvalue weighted by Gasteiger charge is 2.12. The molecule has 0 aliphatic carbocycles. The van der Waals surface area contributed by atoms with E-state index in [1.54, 1.807) is 42.5 Å². The molecule has 0 aliphatic heterocycles. The van der Waals surface area contributed by atoms with Crippen LogP contribution in [-0.2, 0) is 9.73 Å². The van der Waals surface area contributed by atoms with E-state index in [-0.39, 0.29) is 0 Å². The Morgan fingerprint density at radius 1 is 1.19 bits per heavy atom. The number of fused-ring (bicyclic) bond motifs is 1. The van der Waals surface area contributed by atoms with Crippen LogP contribution in [0.3, 0.4) is 0 Å². The minimum Gasteiger partial charge on any atom is -0.266 e. The lowest BCUT2D eigenvalue weighted by atomic mass is 10.2. The third kappa shape index (κ3) is 2.84. The largest absolute Gasteiger partial charge is 0.285 e. The lowest BCUT2D eigenvalue weighted by Gasteiger charge is -2.03. The summed E-state index contributed by atoms with van der Waals surface area (Å²) in [6.45, 7) is 0. The lowest BCUT2D eigenvalue weighted by Crippen LogP contribution is -2.03. The average Bonchev–Trinajstić information content (AvgIpc) is 2.95. The van der Waals surface area contributed by atoms with Crippen molar-refractivity contribution in [2.45, 2.75) is 4.90 Å². The summed E-state index contributed by atoms with van der Waals surface area (Å²) in [7, 11) is -2.75. The van der Waals surface area contributed by atoms with Crippen LogP contribution >= 0.6 is 11.5 Å². The standard InChI is InChI=1S/C14H11N3O2S2/c1-21(19,11-5-3-2-4-6-11)16-14(18)10-7-8-12-13(9-10)20-17-15-12/h2-9H,1H3/t21-/m1/s1. The second-order valence-corrected chi connectivity index (χ2v) is 7.51. The van der Waals surface area contributed by atoms with Gasteiger partial charge in [0.1, 0.15) is 5.52 Å². The number of nitrogens with zero attached hydrogens (tertiary/aromatic N) is 3. The Kier molecular flexibility index (Phi) is 3.52. The molecule has 0 N–H and O–H groups in total. The molecule has 0 saturated carbocycles. The van der Waals surface area contributed by atoms with E-state index in [9.17, 15) is 9.00 Å². The molecule has 3 rings (SSSR count). The number of benzene rings is 2. The van der Waals surface area contributed by atoms with E-state index in [1.807, 2.05) is 6.07 Å². The van der Waals surface area contributed by atoms with Gasteiger partial charge in [0.05, 0.1) is 14.4 Å². The van der Waals surface area contributed by atoms with Crippen molar-refractivity contribution < 1.29 is 9.00 Å². The van der Waals surface area contributed by atoms with Gasteiger partial charge in [-0.05, 0) is 41.9 Å². The third-order valence-corrected chi connectivity index (χ3v) is 5.28. The molecule has 7 heteroatoms. The summed E-state index contributed by atoms with van der Waals surface area (Å²) in [4.78, 5) is 12.8. The van der Waals surface area contributed by atoms with Gasteiger partial charge in [-0.15, -0.1) is 5.10 Å². The number of aromatic nitrogens is 2. The zero-order chi connectivity index (χ0) is 14.9. The minimum absolute atomic E-state index is 0.388. The van der Waals surface area contributed by atoms with Gasteiger partial charge in [-0.2, -0.15) is 4.36 Å². The maximum atomic E-state index is 12.6. The fraction of sp³-hybridized carbons (Fsp3) is 0.0714. The van der Waals surface area contributed by atoms with Crippen molar-refractivity contribution in [1.29, 1.82) is 0 Å². The molecule has 5 nitrogen and oxygen atoms in total. The Morgan fingerprint density at radius 3 is 2.71 bits per heavy atom. The van der Waals surface area contributed by atoms with E-state index in [0.717, 1.165) is 10.2 Å². The monoisotopic (exact) mass is 317 g/mol. The molecule has 1 amide bonds. The molecule has 1 aromatic heterocycles. The summed E-state index contributed by atoms with van der Waals surface area (Å²) >= 11 is 1.21. The van der Waals surface area contributed by atoms with Gasteiger partial charge in [0.15, 0.2) is 0 Å². The Hall–Kier alpha value is -2.12. The molecule has 0 spiro atoms. The molecule has 0 saturated heterocycles. The highest BCUT2D eigenvalue weighted by atomic mass is 32.2. The van der Waals surface area contributed by atoms with Crippen LogP contribution in [0.1, 0.15) is 10.4 Å². The lowest BCUT2D eigenvalue weighted by molar-refractivity contribution is 0.100. The van der Waals surface area contributed by atoms with E-state index >= 15 is 0 Å². The predicted octanol–water partition coefficient (Wildman–Crippen LogP) is 2.99. The molecular formula is C14H11N3O2S2. The SMILES string of the molecule is C[S@](=O)(=NC(=O)c1ccc2nnsc2c1)c1ccccc1. The molecule has 0 radical (unpaired) electrons.